The lowest BCUT2D eigenvalue weighted by atomic mass is 10.1. The summed E-state index contributed by atoms with van der Waals surface area (Å²) < 4.78 is 40.7. The Morgan fingerprint density at radius 2 is 1.82 bits per heavy atom. The number of pyridine rings is 2. The van der Waals surface area contributed by atoms with Gasteiger partial charge >= 0.3 is 6.01 Å². The first kappa shape index (κ1) is 31.9. The number of aliphatic hydroxyl groups excluding tert-OH is 1. The van der Waals surface area contributed by atoms with Gasteiger partial charge in [-0.3, -0.25) is 9.29 Å². The monoisotopic (exact) mass is 671 g/mol. The van der Waals surface area contributed by atoms with Gasteiger partial charge in [0, 0.05) is 41.8 Å². The van der Waals surface area contributed by atoms with Gasteiger partial charge < -0.3 is 24.1 Å². The highest BCUT2D eigenvalue weighted by molar-refractivity contribution is 8.00. The molecule has 6 rings (SSSR count). The summed E-state index contributed by atoms with van der Waals surface area (Å²) in [4.78, 5) is 14.3. The molecular formula is C31H38ClN5O6SSi. The Labute approximate surface area is 269 Å². The van der Waals surface area contributed by atoms with E-state index in [1.165, 1.54) is 6.26 Å². The number of nitrogens with one attached hydrogen (secondary N) is 1. The molecule has 1 aromatic carbocycles. The van der Waals surface area contributed by atoms with Gasteiger partial charge in [0.1, 0.15) is 36.4 Å². The molecule has 1 unspecified atom stereocenters. The zero-order chi connectivity index (χ0) is 31.9. The van der Waals surface area contributed by atoms with Crippen LogP contribution in [0.4, 0.5) is 5.82 Å². The lowest BCUT2D eigenvalue weighted by Gasteiger charge is -2.19. The summed E-state index contributed by atoms with van der Waals surface area (Å²) >= 11 is 6.77. The third-order valence-electron chi connectivity index (χ3n) is 7.62. The fraction of sp³-hybridized carbons (Fsp3) is 0.419. The van der Waals surface area contributed by atoms with Crippen molar-refractivity contribution >= 4 is 52.2 Å². The molecule has 2 N–H and O–H groups in total. The van der Waals surface area contributed by atoms with Crippen LogP contribution in [-0.2, 0) is 30.6 Å². The highest BCUT2D eigenvalue weighted by atomic mass is 35.5. The number of halogens is 1. The topological polar surface area (TPSA) is 130 Å². The molecule has 0 aliphatic carbocycles. The number of nitrogens with zero attached hydrogens (tertiary/aromatic N) is 4. The molecule has 0 amide bonds. The molecule has 45 heavy (non-hydrogen) atoms. The van der Waals surface area contributed by atoms with Crippen molar-refractivity contribution in [2.24, 2.45) is 0 Å². The minimum atomic E-state index is -2.45. The quantitative estimate of drug-likeness (QED) is 0.132. The van der Waals surface area contributed by atoms with Gasteiger partial charge in [-0.1, -0.05) is 61.6 Å². The first-order chi connectivity index (χ1) is 21.3. The Kier molecular flexibility index (Phi) is 8.96. The number of rotatable bonds is 11. The van der Waals surface area contributed by atoms with E-state index in [0.717, 1.165) is 22.9 Å². The Balaban J connectivity index is 1.30. The average molecular weight is 672 g/mol. The maximum atomic E-state index is 12.1. The zero-order valence-electron chi connectivity index (χ0n) is 25.7. The minimum Gasteiger partial charge on any atom is -0.456 e. The normalized spacial score (nSPS) is 22.8. The number of aliphatic hydroxyl groups is 1. The van der Waals surface area contributed by atoms with Gasteiger partial charge in [0.25, 0.3) is 0 Å². The van der Waals surface area contributed by atoms with Crippen molar-refractivity contribution in [3.8, 4) is 28.5 Å². The van der Waals surface area contributed by atoms with Crippen molar-refractivity contribution < 1.29 is 28.3 Å². The van der Waals surface area contributed by atoms with Crippen LogP contribution in [0, 0.1) is 0 Å². The molecule has 2 aliphatic heterocycles. The highest BCUT2D eigenvalue weighted by Crippen LogP contribution is 2.34. The maximum Gasteiger partial charge on any atom is 0.301 e. The fourth-order valence-electron chi connectivity index (χ4n) is 5.30. The summed E-state index contributed by atoms with van der Waals surface area (Å²) in [6.45, 7) is 8.21. The standard InChI is InChI=1S/C31H38ClN5O6SSi/c1-44(2,39)36-26-8-6-7-22(33-26)19-9-11-20(12-10-19)27-21(32)15-23-30(35-27)37(18-40-13-14-45(3,4)5)31(34-23)43-25-17-42-28-24(38)16-41-29(25)28/h6-12,15,24-25,28-29,38H,1,13-14,16-18H2,2-5H3,(H,33,36,39)/t24-,25-,28-,29-,44?/m1/s1. The number of hydrogen-bond acceptors (Lipinski definition) is 9. The van der Waals surface area contributed by atoms with Gasteiger partial charge in [-0.15, -0.1) is 0 Å². The van der Waals surface area contributed by atoms with Crippen molar-refractivity contribution in [1.29, 1.82) is 0 Å². The minimum absolute atomic E-state index is 0.196. The molecule has 0 saturated carbocycles. The molecule has 0 bridgehead atoms. The molecule has 2 fully saturated rings. The Hall–Kier alpha value is -3.04. The summed E-state index contributed by atoms with van der Waals surface area (Å²) in [6, 6.07) is 16.3. The van der Waals surface area contributed by atoms with E-state index in [4.69, 9.17) is 40.5 Å². The van der Waals surface area contributed by atoms with E-state index >= 15 is 0 Å². The van der Waals surface area contributed by atoms with Crippen LogP contribution in [0.3, 0.4) is 0 Å². The molecule has 0 spiro atoms. The van der Waals surface area contributed by atoms with E-state index in [0.29, 0.717) is 40.3 Å². The second-order valence-corrected chi connectivity index (χ2v) is 21.0. The molecule has 11 nitrogen and oxygen atoms in total. The molecular weight excluding hydrogens is 634 g/mol. The van der Waals surface area contributed by atoms with Gasteiger partial charge in [0.15, 0.2) is 11.8 Å². The van der Waals surface area contributed by atoms with Crippen molar-refractivity contribution in [3.05, 3.63) is 53.6 Å². The zero-order valence-corrected chi connectivity index (χ0v) is 28.3. The lowest BCUT2D eigenvalue weighted by Crippen LogP contribution is -2.35. The van der Waals surface area contributed by atoms with Crippen LogP contribution in [0.5, 0.6) is 6.01 Å². The Bertz CT molecular complexity index is 1800. The van der Waals surface area contributed by atoms with Gasteiger partial charge in [0.2, 0.25) is 0 Å². The number of aromatic nitrogens is 4. The summed E-state index contributed by atoms with van der Waals surface area (Å²) in [7, 11) is -3.75. The SMILES string of the molecule is C=S(C)(=O)Nc1cccc(-c2ccc(-c3nc4c(cc3Cl)nc(O[C@@H]3CO[C@H]5[C@@H]3OC[C@H]5O)n4COCC[Si](C)(C)C)cc2)n1. The molecule has 5 heterocycles. The predicted molar refractivity (Wildman–Crippen MR) is 180 cm³/mol. The summed E-state index contributed by atoms with van der Waals surface area (Å²) in [5.41, 5.74) is 4.13. The van der Waals surface area contributed by atoms with E-state index in [1.54, 1.807) is 12.1 Å². The van der Waals surface area contributed by atoms with Crippen molar-refractivity contribution in [2.75, 3.05) is 30.8 Å². The molecule has 3 aromatic heterocycles. The van der Waals surface area contributed by atoms with Crippen LogP contribution in [0.25, 0.3) is 33.7 Å². The number of imidazole rings is 1. The van der Waals surface area contributed by atoms with Gasteiger partial charge in [-0.05, 0) is 30.1 Å². The Morgan fingerprint density at radius 1 is 1.09 bits per heavy atom. The molecule has 2 saturated heterocycles. The van der Waals surface area contributed by atoms with Gasteiger partial charge in [-0.25, -0.2) is 14.2 Å². The highest BCUT2D eigenvalue weighted by Gasteiger charge is 2.49. The van der Waals surface area contributed by atoms with E-state index in [1.807, 2.05) is 41.0 Å². The number of fused-ring (bicyclic) bond motifs is 2. The second-order valence-electron chi connectivity index (χ2n) is 12.7. The van der Waals surface area contributed by atoms with Crippen molar-refractivity contribution in [2.45, 2.75) is 56.8 Å². The third kappa shape index (κ3) is 7.35. The van der Waals surface area contributed by atoms with Crippen molar-refractivity contribution in [3.63, 3.8) is 0 Å². The van der Waals surface area contributed by atoms with Crippen LogP contribution in [-0.4, -0.2) is 93.3 Å². The summed E-state index contributed by atoms with van der Waals surface area (Å²) in [5, 5.41) is 10.6. The lowest BCUT2D eigenvalue weighted by molar-refractivity contribution is 0.00336. The fourth-order valence-corrected chi connectivity index (χ4v) is 6.87. The van der Waals surface area contributed by atoms with Crippen LogP contribution >= 0.6 is 11.6 Å². The van der Waals surface area contributed by atoms with Crippen molar-refractivity contribution in [1.82, 2.24) is 19.5 Å². The largest absolute Gasteiger partial charge is 0.456 e. The first-order valence-electron chi connectivity index (χ1n) is 14.7. The molecule has 240 valence electrons. The summed E-state index contributed by atoms with van der Waals surface area (Å²) in [5.74, 6) is 4.13. The molecule has 4 aromatic rings. The van der Waals surface area contributed by atoms with Gasteiger partial charge in [0.05, 0.1) is 29.6 Å². The van der Waals surface area contributed by atoms with Crippen LogP contribution in [0.2, 0.25) is 30.7 Å². The summed E-state index contributed by atoms with van der Waals surface area (Å²) in [6.07, 6.45) is -0.401. The third-order valence-corrected chi connectivity index (χ3v) is 10.3. The van der Waals surface area contributed by atoms with E-state index in [9.17, 15) is 9.32 Å². The number of benzene rings is 1. The molecule has 14 heteroatoms. The first-order valence-corrected chi connectivity index (χ1v) is 21.0. The van der Waals surface area contributed by atoms with Crippen LogP contribution < -0.4 is 9.46 Å². The number of hydrogen-bond donors (Lipinski definition) is 2. The van der Waals surface area contributed by atoms with Crippen LogP contribution in [0.15, 0.2) is 48.5 Å². The molecule has 2 aliphatic rings. The maximum absolute atomic E-state index is 12.1. The predicted octanol–water partition coefficient (Wildman–Crippen LogP) is 4.71. The Morgan fingerprint density at radius 3 is 2.56 bits per heavy atom. The van der Waals surface area contributed by atoms with Gasteiger partial charge in [-0.2, -0.15) is 4.98 Å². The molecule has 5 atom stereocenters. The average Bonchev–Trinajstić information content (AvgIpc) is 3.64. The number of anilines is 1. The van der Waals surface area contributed by atoms with E-state index < -0.39 is 36.1 Å². The second kappa shape index (κ2) is 12.6. The smallest absolute Gasteiger partial charge is 0.301 e. The van der Waals surface area contributed by atoms with Crippen LogP contribution in [0.1, 0.15) is 0 Å². The number of ether oxygens (including phenoxy) is 4. The van der Waals surface area contributed by atoms with E-state index in [-0.39, 0.29) is 26.0 Å². The van der Waals surface area contributed by atoms with E-state index in [2.05, 4.69) is 35.2 Å². The molecule has 0 radical (unpaired) electrons.